The zero-order chi connectivity index (χ0) is 22.6. The number of nitrogens with one attached hydrogen (secondary N) is 1. The molecule has 2 aliphatic rings. The van der Waals surface area contributed by atoms with Crippen LogP contribution in [0.5, 0.6) is 0 Å². The van der Waals surface area contributed by atoms with E-state index in [2.05, 4.69) is 5.32 Å². The summed E-state index contributed by atoms with van der Waals surface area (Å²) in [5.74, 6) is -1.10. The predicted molar refractivity (Wildman–Crippen MR) is 116 cm³/mol. The molecular formula is C25H22FN3O3. The van der Waals surface area contributed by atoms with Gasteiger partial charge in [0.05, 0.1) is 6.54 Å². The van der Waals surface area contributed by atoms with Crippen molar-refractivity contribution in [3.05, 3.63) is 88.5 Å². The molecule has 1 spiro atoms. The van der Waals surface area contributed by atoms with Crippen LogP contribution in [0.25, 0.3) is 5.69 Å². The van der Waals surface area contributed by atoms with E-state index in [0.717, 1.165) is 21.7 Å². The van der Waals surface area contributed by atoms with E-state index in [0.29, 0.717) is 29.8 Å². The van der Waals surface area contributed by atoms with Gasteiger partial charge in [0.1, 0.15) is 11.4 Å². The lowest BCUT2D eigenvalue weighted by molar-refractivity contribution is -0.131. The van der Waals surface area contributed by atoms with Crippen molar-refractivity contribution in [2.45, 2.75) is 32.2 Å². The third kappa shape index (κ3) is 2.88. The lowest BCUT2D eigenvalue weighted by Crippen LogP contribution is -2.42. The Morgan fingerprint density at radius 2 is 1.88 bits per heavy atom. The molecular weight excluding hydrogens is 409 g/mol. The number of aryl methyl sites for hydroxylation is 2. The van der Waals surface area contributed by atoms with Crippen molar-refractivity contribution in [2.24, 2.45) is 0 Å². The summed E-state index contributed by atoms with van der Waals surface area (Å²) in [6, 6.07) is 14.9. The van der Waals surface area contributed by atoms with Crippen LogP contribution in [0.15, 0.2) is 54.6 Å². The zero-order valence-electron chi connectivity index (χ0n) is 17.8. The second kappa shape index (κ2) is 7.15. The largest absolute Gasteiger partial charge is 0.325 e. The molecule has 3 amide bonds. The third-order valence-electron chi connectivity index (χ3n) is 6.52. The topological polar surface area (TPSA) is 71.4 Å². The predicted octanol–water partition coefficient (Wildman–Crippen LogP) is 3.81. The fourth-order valence-electron chi connectivity index (χ4n) is 5.02. The van der Waals surface area contributed by atoms with Crippen LogP contribution in [0.2, 0.25) is 0 Å². The summed E-state index contributed by atoms with van der Waals surface area (Å²) in [5, 5.41) is 2.84. The van der Waals surface area contributed by atoms with Crippen LogP contribution >= 0.6 is 0 Å². The van der Waals surface area contributed by atoms with Gasteiger partial charge in [-0.2, -0.15) is 0 Å². The number of imide groups is 1. The van der Waals surface area contributed by atoms with Crippen molar-refractivity contribution < 1.29 is 18.8 Å². The number of Topliss-reactive ketones (excluding diaryl/α,β-unsaturated/α-hetero) is 1. The number of benzene rings is 2. The highest BCUT2D eigenvalue weighted by Crippen LogP contribution is 2.41. The Labute approximate surface area is 184 Å². The van der Waals surface area contributed by atoms with Gasteiger partial charge in [-0.15, -0.1) is 0 Å². The van der Waals surface area contributed by atoms with Crippen LogP contribution in [-0.2, 0) is 16.8 Å². The molecule has 0 saturated carbocycles. The summed E-state index contributed by atoms with van der Waals surface area (Å²) in [6.07, 6.45) is 1.18. The van der Waals surface area contributed by atoms with E-state index in [9.17, 15) is 18.8 Å². The SMILES string of the molecule is Cc1cc(C(=O)CN2C(=O)N[C@@]3(CCc4ccccc43)C2=O)c(C)n1-c1cccc(F)c1. The van der Waals surface area contributed by atoms with Gasteiger partial charge in [-0.1, -0.05) is 30.3 Å². The van der Waals surface area contributed by atoms with Crippen LogP contribution in [0, 0.1) is 19.7 Å². The number of carbonyl (C=O) groups is 3. The van der Waals surface area contributed by atoms with Gasteiger partial charge in [0.2, 0.25) is 0 Å². The third-order valence-corrected chi connectivity index (χ3v) is 6.52. The van der Waals surface area contributed by atoms with Crippen LogP contribution in [0.4, 0.5) is 9.18 Å². The van der Waals surface area contributed by atoms with Gasteiger partial charge < -0.3 is 9.88 Å². The van der Waals surface area contributed by atoms with Gasteiger partial charge in [-0.3, -0.25) is 14.5 Å². The minimum atomic E-state index is -1.09. The summed E-state index contributed by atoms with van der Waals surface area (Å²) in [4.78, 5) is 40.2. The molecule has 162 valence electrons. The number of carbonyl (C=O) groups excluding carboxylic acids is 3. The maximum atomic E-state index is 13.7. The molecule has 7 heteroatoms. The monoisotopic (exact) mass is 431 g/mol. The van der Waals surface area contributed by atoms with Crippen molar-refractivity contribution in [3.8, 4) is 5.69 Å². The number of aromatic nitrogens is 1. The van der Waals surface area contributed by atoms with Crippen LogP contribution in [0.1, 0.15) is 39.3 Å². The van der Waals surface area contributed by atoms with E-state index in [-0.39, 0.29) is 24.1 Å². The van der Waals surface area contributed by atoms with E-state index < -0.39 is 11.6 Å². The van der Waals surface area contributed by atoms with E-state index >= 15 is 0 Å². The molecule has 1 aromatic heterocycles. The number of rotatable bonds is 4. The lowest BCUT2D eigenvalue weighted by atomic mass is 9.92. The molecule has 1 fully saturated rings. The summed E-state index contributed by atoms with van der Waals surface area (Å²) >= 11 is 0. The Kier molecular flexibility index (Phi) is 4.51. The summed E-state index contributed by atoms with van der Waals surface area (Å²) in [5.41, 5.74) is 3.15. The summed E-state index contributed by atoms with van der Waals surface area (Å²) in [6.45, 7) is 3.25. The van der Waals surface area contributed by atoms with Gasteiger partial charge in [0.25, 0.3) is 5.91 Å². The average molecular weight is 431 g/mol. The molecule has 3 aromatic rings. The van der Waals surface area contributed by atoms with Crippen molar-refractivity contribution in [3.63, 3.8) is 0 Å². The summed E-state index contributed by atoms with van der Waals surface area (Å²) in [7, 11) is 0. The first-order chi connectivity index (χ1) is 15.3. The molecule has 6 nitrogen and oxygen atoms in total. The van der Waals surface area contributed by atoms with Crippen LogP contribution in [0.3, 0.4) is 0 Å². The molecule has 1 aliphatic carbocycles. The molecule has 0 unspecified atom stereocenters. The fraction of sp³-hybridized carbons (Fsp3) is 0.240. The number of fused-ring (bicyclic) bond motifs is 2. The maximum Gasteiger partial charge on any atom is 0.325 e. The number of halogens is 1. The highest BCUT2D eigenvalue weighted by Gasteiger charge is 2.55. The van der Waals surface area contributed by atoms with E-state index in [1.807, 2.05) is 31.2 Å². The smallest absolute Gasteiger partial charge is 0.319 e. The quantitative estimate of drug-likeness (QED) is 0.504. The molecule has 5 rings (SSSR count). The fourth-order valence-corrected chi connectivity index (χ4v) is 5.02. The van der Waals surface area contributed by atoms with Crippen LogP contribution in [-0.4, -0.2) is 33.7 Å². The molecule has 2 aromatic carbocycles. The minimum Gasteiger partial charge on any atom is -0.319 e. The first-order valence-corrected chi connectivity index (χ1v) is 10.5. The molecule has 1 N–H and O–H groups in total. The van der Waals surface area contributed by atoms with Gasteiger partial charge in [-0.05, 0) is 62.1 Å². The Hall–Kier alpha value is -3.74. The van der Waals surface area contributed by atoms with E-state index in [1.165, 1.54) is 12.1 Å². The van der Waals surface area contributed by atoms with Gasteiger partial charge in [0, 0.05) is 22.6 Å². The van der Waals surface area contributed by atoms with Crippen LogP contribution < -0.4 is 5.32 Å². The zero-order valence-corrected chi connectivity index (χ0v) is 17.8. The molecule has 1 atom stereocenters. The second-order valence-corrected chi connectivity index (χ2v) is 8.41. The van der Waals surface area contributed by atoms with Crippen molar-refractivity contribution in [2.75, 3.05) is 6.54 Å². The maximum absolute atomic E-state index is 13.7. The number of urea groups is 1. The van der Waals surface area contributed by atoms with Gasteiger partial charge in [-0.25, -0.2) is 9.18 Å². The number of hydrogen-bond acceptors (Lipinski definition) is 3. The van der Waals surface area contributed by atoms with Gasteiger partial charge in [0.15, 0.2) is 5.78 Å². The van der Waals surface area contributed by atoms with E-state index in [4.69, 9.17) is 0 Å². The minimum absolute atomic E-state index is 0.340. The molecule has 0 radical (unpaired) electrons. The number of ketones is 1. The first-order valence-electron chi connectivity index (χ1n) is 10.5. The standard InChI is InChI=1S/C25H22FN3O3/c1-15-12-20(16(2)29(15)19-8-5-7-18(26)13-19)22(30)14-28-23(31)25(27-24(28)32)11-10-17-6-3-4-9-21(17)25/h3-9,12-13H,10-11,14H2,1-2H3,(H,27,32)/t25-/m1/s1. The number of amides is 3. The highest BCUT2D eigenvalue weighted by molar-refractivity contribution is 6.12. The molecule has 1 aliphatic heterocycles. The number of nitrogens with zero attached hydrogens (tertiary/aromatic N) is 2. The first kappa shape index (κ1) is 20.2. The average Bonchev–Trinajstić information content (AvgIpc) is 3.36. The Balaban J connectivity index is 1.44. The molecule has 2 heterocycles. The van der Waals surface area contributed by atoms with Crippen molar-refractivity contribution in [1.82, 2.24) is 14.8 Å². The molecule has 32 heavy (non-hydrogen) atoms. The Morgan fingerprint density at radius 3 is 2.66 bits per heavy atom. The van der Waals surface area contributed by atoms with Gasteiger partial charge >= 0.3 is 6.03 Å². The van der Waals surface area contributed by atoms with Crippen molar-refractivity contribution in [1.29, 1.82) is 0 Å². The Morgan fingerprint density at radius 1 is 1.09 bits per heavy atom. The van der Waals surface area contributed by atoms with E-state index in [1.54, 1.807) is 29.7 Å². The second-order valence-electron chi connectivity index (χ2n) is 8.41. The summed E-state index contributed by atoms with van der Waals surface area (Å²) < 4.78 is 15.5. The normalized spacial score (nSPS) is 19.5. The lowest BCUT2D eigenvalue weighted by Gasteiger charge is -2.22. The molecule has 1 saturated heterocycles. The highest BCUT2D eigenvalue weighted by atomic mass is 19.1. The molecule has 0 bridgehead atoms. The number of hydrogen-bond donors (Lipinski definition) is 1. The Bertz CT molecular complexity index is 1300. The van der Waals surface area contributed by atoms with Crippen molar-refractivity contribution >= 4 is 17.7 Å².